The number of aliphatic hydroxyl groups excluding tert-OH is 1. The van der Waals surface area contributed by atoms with Crippen LogP contribution in [0.15, 0.2) is 89.8 Å². The van der Waals surface area contributed by atoms with Gasteiger partial charge in [0.25, 0.3) is 5.91 Å². The van der Waals surface area contributed by atoms with Crippen LogP contribution in [0.2, 0.25) is 0 Å². The molecule has 1 atom stereocenters. The zero-order valence-corrected chi connectivity index (χ0v) is 18.1. The van der Waals surface area contributed by atoms with E-state index in [0.29, 0.717) is 6.54 Å². The van der Waals surface area contributed by atoms with Crippen molar-refractivity contribution in [1.29, 1.82) is 0 Å². The number of rotatable bonds is 9. The standard InChI is InChI=1S/C24H26N2O4S/c1-19(21-11-6-3-7-12-21)25-31(29,30)23-14-8-13-22(17-23)24(28)26(15-16-27)18-20-9-4-2-5-10-20/h2-14,17,19,25,27H,15-16,18H2,1H3. The SMILES string of the molecule is CC(NS(=O)(=O)c1cccc(C(=O)N(CCO)Cc2ccccc2)c1)c1ccccc1. The maximum Gasteiger partial charge on any atom is 0.254 e. The summed E-state index contributed by atoms with van der Waals surface area (Å²) in [4.78, 5) is 14.6. The molecule has 0 saturated heterocycles. The zero-order chi connectivity index (χ0) is 22.3. The Kier molecular flexibility index (Phi) is 7.57. The summed E-state index contributed by atoms with van der Waals surface area (Å²) in [5.74, 6) is -0.342. The van der Waals surface area contributed by atoms with E-state index in [9.17, 15) is 18.3 Å². The van der Waals surface area contributed by atoms with Crippen molar-refractivity contribution in [3.63, 3.8) is 0 Å². The van der Waals surface area contributed by atoms with Crippen LogP contribution in [0.4, 0.5) is 0 Å². The lowest BCUT2D eigenvalue weighted by molar-refractivity contribution is 0.0707. The van der Waals surface area contributed by atoms with E-state index in [4.69, 9.17) is 0 Å². The fourth-order valence-corrected chi connectivity index (χ4v) is 4.54. The quantitative estimate of drug-likeness (QED) is 0.536. The molecule has 0 heterocycles. The Morgan fingerprint density at radius 2 is 1.61 bits per heavy atom. The van der Waals surface area contributed by atoms with E-state index in [1.54, 1.807) is 19.1 Å². The minimum Gasteiger partial charge on any atom is -0.395 e. The Morgan fingerprint density at radius 3 is 2.26 bits per heavy atom. The van der Waals surface area contributed by atoms with Gasteiger partial charge in [0.2, 0.25) is 10.0 Å². The van der Waals surface area contributed by atoms with Gasteiger partial charge < -0.3 is 10.0 Å². The lowest BCUT2D eigenvalue weighted by atomic mass is 10.1. The summed E-state index contributed by atoms with van der Waals surface area (Å²) in [6.07, 6.45) is 0. The highest BCUT2D eigenvalue weighted by Crippen LogP contribution is 2.19. The van der Waals surface area contributed by atoms with Crippen LogP contribution < -0.4 is 4.72 Å². The van der Waals surface area contributed by atoms with Crippen LogP contribution in [0.5, 0.6) is 0 Å². The summed E-state index contributed by atoms with van der Waals surface area (Å²) >= 11 is 0. The molecule has 0 aromatic heterocycles. The van der Waals surface area contributed by atoms with Crippen molar-refractivity contribution in [3.8, 4) is 0 Å². The number of carbonyl (C=O) groups is 1. The molecule has 3 aromatic rings. The van der Waals surface area contributed by atoms with Gasteiger partial charge in [0, 0.05) is 24.7 Å². The molecule has 0 bridgehead atoms. The van der Waals surface area contributed by atoms with Crippen molar-refractivity contribution in [2.75, 3.05) is 13.2 Å². The molecule has 1 unspecified atom stereocenters. The van der Waals surface area contributed by atoms with Crippen molar-refractivity contribution in [3.05, 3.63) is 102 Å². The molecule has 7 heteroatoms. The van der Waals surface area contributed by atoms with Crippen LogP contribution in [0.1, 0.15) is 34.5 Å². The van der Waals surface area contributed by atoms with E-state index in [1.807, 2.05) is 60.7 Å². The van der Waals surface area contributed by atoms with Gasteiger partial charge in [0.1, 0.15) is 0 Å². The van der Waals surface area contributed by atoms with Gasteiger partial charge in [-0.1, -0.05) is 66.7 Å². The molecule has 0 aliphatic carbocycles. The van der Waals surface area contributed by atoms with E-state index < -0.39 is 16.1 Å². The Morgan fingerprint density at radius 1 is 0.968 bits per heavy atom. The van der Waals surface area contributed by atoms with Crippen molar-refractivity contribution in [1.82, 2.24) is 9.62 Å². The molecule has 3 aromatic carbocycles. The maximum absolute atomic E-state index is 13.1. The molecule has 6 nitrogen and oxygen atoms in total. The molecule has 0 spiro atoms. The highest BCUT2D eigenvalue weighted by molar-refractivity contribution is 7.89. The molecule has 3 rings (SSSR count). The van der Waals surface area contributed by atoms with Crippen molar-refractivity contribution >= 4 is 15.9 Å². The third-order valence-electron chi connectivity index (χ3n) is 4.90. The van der Waals surface area contributed by atoms with Crippen LogP contribution in [0, 0.1) is 0 Å². The first-order chi connectivity index (χ1) is 14.9. The first-order valence-corrected chi connectivity index (χ1v) is 11.5. The van der Waals surface area contributed by atoms with E-state index in [0.717, 1.165) is 11.1 Å². The van der Waals surface area contributed by atoms with Crippen molar-refractivity contribution in [2.24, 2.45) is 0 Å². The fourth-order valence-electron chi connectivity index (χ4n) is 3.27. The van der Waals surface area contributed by atoms with Gasteiger partial charge in [0.05, 0.1) is 11.5 Å². The summed E-state index contributed by atoms with van der Waals surface area (Å²) in [7, 11) is -3.83. The lowest BCUT2D eigenvalue weighted by Crippen LogP contribution is -2.33. The molecule has 0 fully saturated rings. The highest BCUT2D eigenvalue weighted by atomic mass is 32.2. The van der Waals surface area contributed by atoms with Gasteiger partial charge >= 0.3 is 0 Å². The van der Waals surface area contributed by atoms with Crippen LogP contribution in [-0.4, -0.2) is 37.5 Å². The number of sulfonamides is 1. The van der Waals surface area contributed by atoms with Crippen LogP contribution in [-0.2, 0) is 16.6 Å². The van der Waals surface area contributed by atoms with Crippen molar-refractivity contribution in [2.45, 2.75) is 24.4 Å². The number of carbonyl (C=O) groups excluding carboxylic acids is 1. The molecule has 1 amide bonds. The maximum atomic E-state index is 13.1. The molecule has 31 heavy (non-hydrogen) atoms. The van der Waals surface area contributed by atoms with E-state index in [2.05, 4.69) is 4.72 Å². The first kappa shape index (κ1) is 22.7. The topological polar surface area (TPSA) is 86.7 Å². The van der Waals surface area contributed by atoms with Gasteiger partial charge in [-0.05, 0) is 36.2 Å². The Bertz CT molecular complexity index is 1100. The van der Waals surface area contributed by atoms with Crippen LogP contribution in [0.25, 0.3) is 0 Å². The number of amides is 1. The third kappa shape index (κ3) is 6.01. The molecule has 2 N–H and O–H groups in total. The second-order valence-electron chi connectivity index (χ2n) is 7.22. The van der Waals surface area contributed by atoms with Gasteiger partial charge in [-0.25, -0.2) is 13.1 Å². The summed E-state index contributed by atoms with van der Waals surface area (Å²) in [6.45, 7) is 2.05. The molecule has 162 valence electrons. The van der Waals surface area contributed by atoms with Gasteiger partial charge in [-0.3, -0.25) is 4.79 Å². The Hall–Kier alpha value is -3.00. The number of nitrogens with zero attached hydrogens (tertiary/aromatic N) is 1. The van der Waals surface area contributed by atoms with Crippen molar-refractivity contribution < 1.29 is 18.3 Å². The third-order valence-corrected chi connectivity index (χ3v) is 6.43. The van der Waals surface area contributed by atoms with E-state index >= 15 is 0 Å². The molecule has 0 aliphatic heterocycles. The van der Waals surface area contributed by atoms with Crippen LogP contribution >= 0.6 is 0 Å². The summed E-state index contributed by atoms with van der Waals surface area (Å²) in [5, 5.41) is 9.40. The van der Waals surface area contributed by atoms with Gasteiger partial charge in [-0.2, -0.15) is 0 Å². The van der Waals surface area contributed by atoms with E-state index in [-0.39, 0.29) is 29.5 Å². The summed E-state index contributed by atoms with van der Waals surface area (Å²) < 4.78 is 28.5. The highest BCUT2D eigenvalue weighted by Gasteiger charge is 2.22. The summed E-state index contributed by atoms with van der Waals surface area (Å²) in [5.41, 5.74) is 2.02. The molecule has 0 radical (unpaired) electrons. The molecule has 0 aliphatic rings. The Balaban J connectivity index is 1.81. The predicted molar refractivity (Wildman–Crippen MR) is 120 cm³/mol. The monoisotopic (exact) mass is 438 g/mol. The average Bonchev–Trinajstić information content (AvgIpc) is 2.79. The van der Waals surface area contributed by atoms with Gasteiger partial charge in [0.15, 0.2) is 0 Å². The lowest BCUT2D eigenvalue weighted by Gasteiger charge is -2.22. The predicted octanol–water partition coefficient (Wildman–Crippen LogP) is 3.36. The zero-order valence-electron chi connectivity index (χ0n) is 17.3. The Labute approximate surface area is 183 Å². The van der Waals surface area contributed by atoms with Gasteiger partial charge in [-0.15, -0.1) is 0 Å². The smallest absolute Gasteiger partial charge is 0.254 e. The van der Waals surface area contributed by atoms with E-state index in [1.165, 1.54) is 17.0 Å². The number of benzene rings is 3. The molecular formula is C24H26N2O4S. The second-order valence-corrected chi connectivity index (χ2v) is 8.93. The minimum absolute atomic E-state index is 0.0183. The summed E-state index contributed by atoms with van der Waals surface area (Å²) in [6, 6.07) is 24.3. The second kappa shape index (κ2) is 10.3. The number of aliphatic hydroxyl groups is 1. The number of hydrogen-bond acceptors (Lipinski definition) is 4. The normalized spacial score (nSPS) is 12.3. The largest absolute Gasteiger partial charge is 0.395 e. The fraction of sp³-hybridized carbons (Fsp3) is 0.208. The minimum atomic E-state index is -3.83. The number of nitrogens with one attached hydrogen (secondary N) is 1. The van der Waals surface area contributed by atoms with Crippen LogP contribution in [0.3, 0.4) is 0 Å². The molecule has 0 saturated carbocycles. The molecular weight excluding hydrogens is 412 g/mol. The average molecular weight is 439 g/mol. The number of hydrogen-bond donors (Lipinski definition) is 2. The first-order valence-electron chi connectivity index (χ1n) is 10.0.